The van der Waals surface area contributed by atoms with Crippen LogP contribution in [-0.4, -0.2) is 23.8 Å². The van der Waals surface area contributed by atoms with Gasteiger partial charge in [0.1, 0.15) is 5.75 Å². The standard InChI is InChI=1S/C41H44O3.CO2/c1-6-29-14-15-31(22-35(29)20-27(2)3)32-16-18-39(34-17-19-40(44-26-41(42)43)37(25-34)21-28(4)5)36(23-32)24-33-12-9-11-30-10-7-8-13-38(30)33;2-1-3/h7-19,22-23,25,27-28H,6,20-21,24,26H2,1-5H3,(H,42,43);. The molecule has 0 aliphatic carbocycles. The lowest BCUT2D eigenvalue weighted by Crippen LogP contribution is -2.11. The maximum atomic E-state index is 11.2. The predicted octanol–water partition coefficient (Wildman–Crippen LogP) is 9.60. The van der Waals surface area contributed by atoms with Crippen LogP contribution >= 0.6 is 0 Å². The second-order valence-electron chi connectivity index (χ2n) is 12.8. The Labute approximate surface area is 278 Å². The molecule has 242 valence electrons. The van der Waals surface area contributed by atoms with Gasteiger partial charge in [-0.15, -0.1) is 0 Å². The molecule has 0 saturated heterocycles. The van der Waals surface area contributed by atoms with Gasteiger partial charge >= 0.3 is 12.1 Å². The van der Waals surface area contributed by atoms with E-state index >= 15 is 0 Å². The van der Waals surface area contributed by atoms with E-state index in [1.54, 1.807) is 0 Å². The predicted molar refractivity (Wildman–Crippen MR) is 189 cm³/mol. The minimum absolute atomic E-state index is 0.250. The Balaban J connectivity index is 0.00000160. The first kappa shape index (κ1) is 34.9. The highest BCUT2D eigenvalue weighted by atomic mass is 16.5. The average molecular weight is 629 g/mol. The van der Waals surface area contributed by atoms with Gasteiger partial charge in [0.2, 0.25) is 0 Å². The van der Waals surface area contributed by atoms with E-state index in [-0.39, 0.29) is 12.8 Å². The van der Waals surface area contributed by atoms with Crippen molar-refractivity contribution >= 4 is 22.9 Å². The molecule has 5 heteroatoms. The molecule has 0 aliphatic rings. The molecule has 0 spiro atoms. The number of carbonyl (C=O) groups excluding carboxylic acids is 2. The second-order valence-corrected chi connectivity index (χ2v) is 12.8. The van der Waals surface area contributed by atoms with Gasteiger partial charge in [-0.05, 0) is 110 Å². The Hall–Kier alpha value is -4.99. The van der Waals surface area contributed by atoms with Gasteiger partial charge in [0.15, 0.2) is 6.61 Å². The van der Waals surface area contributed by atoms with Crippen molar-refractivity contribution in [2.45, 2.75) is 60.3 Å². The van der Waals surface area contributed by atoms with E-state index in [1.807, 2.05) is 6.07 Å². The summed E-state index contributed by atoms with van der Waals surface area (Å²) in [6.45, 7) is 10.8. The Morgan fingerprint density at radius 3 is 1.96 bits per heavy atom. The van der Waals surface area contributed by atoms with E-state index in [9.17, 15) is 9.90 Å². The average Bonchev–Trinajstić information content (AvgIpc) is 3.04. The smallest absolute Gasteiger partial charge is 0.373 e. The molecule has 0 radical (unpaired) electrons. The number of carboxylic acid groups (broad SMARTS) is 1. The molecule has 5 aromatic carbocycles. The highest BCUT2D eigenvalue weighted by molar-refractivity contribution is 5.86. The van der Waals surface area contributed by atoms with Crippen molar-refractivity contribution in [1.29, 1.82) is 0 Å². The Kier molecular flexibility index (Phi) is 12.3. The third-order valence-electron chi connectivity index (χ3n) is 8.27. The van der Waals surface area contributed by atoms with Gasteiger partial charge in [0.05, 0.1) is 0 Å². The fourth-order valence-corrected chi connectivity index (χ4v) is 6.26. The van der Waals surface area contributed by atoms with Crippen LogP contribution in [0.4, 0.5) is 0 Å². The van der Waals surface area contributed by atoms with Crippen LogP contribution in [0, 0.1) is 11.8 Å². The number of hydrogen-bond donors (Lipinski definition) is 1. The number of aliphatic carboxylic acids is 1. The number of ether oxygens (including phenoxy) is 1. The maximum absolute atomic E-state index is 11.2. The SMILES string of the molecule is CCc1ccc(-c2ccc(-c3ccc(OCC(=O)O)c(CC(C)C)c3)c(Cc3cccc4ccccc34)c2)cc1CC(C)C.O=C=O. The van der Waals surface area contributed by atoms with Crippen molar-refractivity contribution in [2.24, 2.45) is 11.8 Å². The molecule has 47 heavy (non-hydrogen) atoms. The highest BCUT2D eigenvalue weighted by Crippen LogP contribution is 2.36. The van der Waals surface area contributed by atoms with Crippen LogP contribution in [0.15, 0.2) is 97.1 Å². The zero-order valence-corrected chi connectivity index (χ0v) is 28.0. The topological polar surface area (TPSA) is 80.7 Å². The molecule has 0 atom stereocenters. The zero-order valence-electron chi connectivity index (χ0n) is 28.0. The van der Waals surface area contributed by atoms with E-state index in [4.69, 9.17) is 14.3 Å². The summed E-state index contributed by atoms with van der Waals surface area (Å²) < 4.78 is 5.70. The monoisotopic (exact) mass is 628 g/mol. The molecule has 0 amide bonds. The lowest BCUT2D eigenvalue weighted by atomic mass is 9.87. The molecule has 0 fully saturated rings. The van der Waals surface area contributed by atoms with Crippen molar-refractivity contribution in [3.63, 3.8) is 0 Å². The number of benzene rings is 5. The number of aryl methyl sites for hydroxylation is 1. The van der Waals surface area contributed by atoms with Crippen LogP contribution in [0.2, 0.25) is 0 Å². The molecule has 0 aromatic heterocycles. The Morgan fingerprint density at radius 2 is 1.28 bits per heavy atom. The summed E-state index contributed by atoms with van der Waals surface area (Å²) in [5.41, 5.74) is 11.2. The van der Waals surface area contributed by atoms with Crippen molar-refractivity contribution in [3.8, 4) is 28.0 Å². The van der Waals surface area contributed by atoms with E-state index in [1.165, 1.54) is 49.7 Å². The number of carbonyl (C=O) groups is 1. The largest absolute Gasteiger partial charge is 0.482 e. The van der Waals surface area contributed by atoms with Gasteiger partial charge in [-0.3, -0.25) is 0 Å². The van der Waals surface area contributed by atoms with Gasteiger partial charge in [-0.1, -0.05) is 120 Å². The summed E-state index contributed by atoms with van der Waals surface area (Å²) in [5.74, 6) is 0.676. The van der Waals surface area contributed by atoms with Crippen LogP contribution in [-0.2, 0) is 40.1 Å². The molecule has 0 unspecified atom stereocenters. The van der Waals surface area contributed by atoms with Gasteiger partial charge in [-0.2, -0.15) is 9.59 Å². The lowest BCUT2D eigenvalue weighted by molar-refractivity contribution is -0.191. The third kappa shape index (κ3) is 9.28. The normalized spacial score (nSPS) is 10.9. The van der Waals surface area contributed by atoms with E-state index in [2.05, 4.69) is 126 Å². The number of rotatable bonds is 12. The van der Waals surface area contributed by atoms with Crippen molar-refractivity contribution in [3.05, 3.63) is 125 Å². The molecule has 0 saturated carbocycles. The first-order chi connectivity index (χ1) is 22.6. The van der Waals surface area contributed by atoms with Gasteiger partial charge in [-0.25, -0.2) is 4.79 Å². The first-order valence-corrected chi connectivity index (χ1v) is 16.3. The van der Waals surface area contributed by atoms with E-state index in [0.29, 0.717) is 17.6 Å². The lowest BCUT2D eigenvalue weighted by Gasteiger charge is -2.18. The summed E-state index contributed by atoms with van der Waals surface area (Å²) in [4.78, 5) is 27.5. The van der Waals surface area contributed by atoms with Gasteiger partial charge < -0.3 is 9.84 Å². The first-order valence-electron chi connectivity index (χ1n) is 16.3. The van der Waals surface area contributed by atoms with E-state index < -0.39 is 5.97 Å². The quantitative estimate of drug-likeness (QED) is 0.149. The molecule has 1 N–H and O–H groups in total. The van der Waals surface area contributed by atoms with Crippen LogP contribution < -0.4 is 4.74 Å². The molecule has 0 aliphatic heterocycles. The molecule has 5 nitrogen and oxygen atoms in total. The molecule has 5 rings (SSSR count). The summed E-state index contributed by atoms with van der Waals surface area (Å²) in [6.07, 6.45) is 3.97. The number of hydrogen-bond acceptors (Lipinski definition) is 4. The molecular weight excluding hydrogens is 584 g/mol. The molecule has 5 aromatic rings. The fraction of sp³-hybridized carbons (Fsp3) is 0.286. The maximum Gasteiger partial charge on any atom is 0.373 e. The van der Waals surface area contributed by atoms with Crippen LogP contribution in [0.3, 0.4) is 0 Å². The second kappa shape index (κ2) is 16.5. The number of carboxylic acids is 1. The van der Waals surface area contributed by atoms with Gasteiger partial charge in [0.25, 0.3) is 0 Å². The summed E-state index contributed by atoms with van der Waals surface area (Å²) in [5, 5.41) is 11.7. The molecular formula is C42H44O5. The van der Waals surface area contributed by atoms with Crippen molar-refractivity contribution in [2.75, 3.05) is 6.61 Å². The van der Waals surface area contributed by atoms with E-state index in [0.717, 1.165) is 36.8 Å². The van der Waals surface area contributed by atoms with Crippen LogP contribution in [0.25, 0.3) is 33.0 Å². The molecule has 0 bridgehead atoms. The van der Waals surface area contributed by atoms with Crippen molar-refractivity contribution < 1.29 is 24.2 Å². The highest BCUT2D eigenvalue weighted by Gasteiger charge is 2.15. The molecule has 0 heterocycles. The minimum Gasteiger partial charge on any atom is -0.482 e. The van der Waals surface area contributed by atoms with Crippen LogP contribution in [0.1, 0.15) is 62.4 Å². The Bertz CT molecular complexity index is 1860. The van der Waals surface area contributed by atoms with Crippen LogP contribution in [0.5, 0.6) is 5.75 Å². The fourth-order valence-electron chi connectivity index (χ4n) is 6.26. The summed E-state index contributed by atoms with van der Waals surface area (Å²) in [7, 11) is 0. The Morgan fingerprint density at radius 1 is 0.681 bits per heavy atom. The minimum atomic E-state index is -0.971. The van der Waals surface area contributed by atoms with Crippen molar-refractivity contribution in [1.82, 2.24) is 0 Å². The number of fused-ring (bicyclic) bond motifs is 1. The zero-order chi connectivity index (χ0) is 33.9. The third-order valence-corrected chi connectivity index (χ3v) is 8.27. The van der Waals surface area contributed by atoms with Gasteiger partial charge in [0, 0.05) is 0 Å². The summed E-state index contributed by atoms with van der Waals surface area (Å²) >= 11 is 0. The summed E-state index contributed by atoms with van der Waals surface area (Å²) in [6, 6.07) is 35.2.